The molecule has 0 saturated carbocycles. The molecule has 0 spiro atoms. The molecule has 1 aliphatic rings. The van der Waals surface area contributed by atoms with Crippen molar-refractivity contribution in [3.63, 3.8) is 0 Å². The predicted molar refractivity (Wildman–Crippen MR) is 102 cm³/mol. The molecule has 21 heavy (non-hydrogen) atoms. The molecule has 118 valence electrons. The van der Waals surface area contributed by atoms with E-state index in [0.29, 0.717) is 6.54 Å². The van der Waals surface area contributed by atoms with Crippen LogP contribution in [0.4, 0.5) is 0 Å². The molecule has 6 heteroatoms. The number of halogens is 2. The van der Waals surface area contributed by atoms with Gasteiger partial charge < -0.3 is 15.0 Å². The SMILES string of the molecule is CCNC(=NCc1cc(Br)ccc1OC)N1CCCC1.I. The molecule has 1 saturated heterocycles. The first-order valence-corrected chi connectivity index (χ1v) is 7.89. The van der Waals surface area contributed by atoms with Gasteiger partial charge in [-0.3, -0.25) is 0 Å². The summed E-state index contributed by atoms with van der Waals surface area (Å²) in [6.45, 7) is 5.82. The highest BCUT2D eigenvalue weighted by molar-refractivity contribution is 14.0. The standard InChI is InChI=1S/C15H22BrN3O.HI/c1-3-17-15(19-8-4-5-9-19)18-11-12-10-13(16)6-7-14(12)20-2;/h6-7,10H,3-5,8-9,11H2,1-2H3,(H,17,18);1H. The number of methoxy groups -OCH3 is 1. The zero-order chi connectivity index (χ0) is 14.4. The van der Waals surface area contributed by atoms with Crippen molar-refractivity contribution in [2.45, 2.75) is 26.3 Å². The van der Waals surface area contributed by atoms with Gasteiger partial charge in [-0.05, 0) is 38.0 Å². The van der Waals surface area contributed by atoms with E-state index in [1.807, 2.05) is 12.1 Å². The minimum absolute atomic E-state index is 0. The predicted octanol–water partition coefficient (Wildman–Crippen LogP) is 3.64. The summed E-state index contributed by atoms with van der Waals surface area (Å²) in [4.78, 5) is 7.07. The van der Waals surface area contributed by atoms with Gasteiger partial charge >= 0.3 is 0 Å². The lowest BCUT2D eigenvalue weighted by Gasteiger charge is -2.20. The molecule has 0 amide bonds. The molecule has 1 aliphatic heterocycles. The first-order chi connectivity index (χ1) is 9.74. The van der Waals surface area contributed by atoms with Crippen molar-refractivity contribution in [3.8, 4) is 5.75 Å². The third-order valence-electron chi connectivity index (χ3n) is 3.38. The normalized spacial score (nSPS) is 14.8. The minimum Gasteiger partial charge on any atom is -0.496 e. The van der Waals surface area contributed by atoms with E-state index < -0.39 is 0 Å². The zero-order valence-corrected chi connectivity index (χ0v) is 16.5. The second-order valence-corrected chi connectivity index (χ2v) is 5.74. The molecular formula is C15H23BrIN3O. The van der Waals surface area contributed by atoms with Crippen LogP contribution < -0.4 is 10.1 Å². The lowest BCUT2D eigenvalue weighted by atomic mass is 10.2. The first-order valence-electron chi connectivity index (χ1n) is 7.10. The lowest BCUT2D eigenvalue weighted by Crippen LogP contribution is -2.39. The van der Waals surface area contributed by atoms with Gasteiger partial charge in [-0.2, -0.15) is 0 Å². The van der Waals surface area contributed by atoms with Crippen LogP contribution in [0, 0.1) is 0 Å². The molecule has 0 radical (unpaired) electrons. The smallest absolute Gasteiger partial charge is 0.194 e. The van der Waals surface area contributed by atoms with Crippen molar-refractivity contribution in [1.82, 2.24) is 10.2 Å². The minimum atomic E-state index is 0. The van der Waals surface area contributed by atoms with Crippen LogP contribution in [0.3, 0.4) is 0 Å². The van der Waals surface area contributed by atoms with Crippen molar-refractivity contribution < 1.29 is 4.74 Å². The number of ether oxygens (including phenoxy) is 1. The van der Waals surface area contributed by atoms with E-state index in [-0.39, 0.29) is 24.0 Å². The molecule has 1 N–H and O–H groups in total. The average Bonchev–Trinajstić information content (AvgIpc) is 2.97. The van der Waals surface area contributed by atoms with E-state index in [9.17, 15) is 0 Å². The quantitative estimate of drug-likeness (QED) is 0.417. The summed E-state index contributed by atoms with van der Waals surface area (Å²) in [5, 5.41) is 3.37. The second-order valence-electron chi connectivity index (χ2n) is 4.82. The van der Waals surface area contributed by atoms with Crippen LogP contribution >= 0.6 is 39.9 Å². The molecule has 1 aromatic carbocycles. The first kappa shape index (κ1) is 18.5. The highest BCUT2D eigenvalue weighted by atomic mass is 127. The molecule has 2 rings (SSSR count). The number of rotatable bonds is 4. The summed E-state index contributed by atoms with van der Waals surface area (Å²) < 4.78 is 6.44. The van der Waals surface area contributed by atoms with Gasteiger partial charge in [0.1, 0.15) is 5.75 Å². The molecule has 0 unspecified atom stereocenters. The summed E-state index contributed by atoms with van der Waals surface area (Å²) in [5.74, 6) is 1.89. The molecule has 0 bridgehead atoms. The van der Waals surface area contributed by atoms with Crippen LogP contribution in [-0.2, 0) is 6.54 Å². The Morgan fingerprint density at radius 1 is 1.38 bits per heavy atom. The number of hydrogen-bond acceptors (Lipinski definition) is 2. The van der Waals surface area contributed by atoms with Gasteiger partial charge in [-0.1, -0.05) is 15.9 Å². The topological polar surface area (TPSA) is 36.9 Å². The van der Waals surface area contributed by atoms with Gasteiger partial charge in [0.2, 0.25) is 0 Å². The monoisotopic (exact) mass is 467 g/mol. The summed E-state index contributed by atoms with van der Waals surface area (Å²) in [7, 11) is 1.70. The van der Waals surface area contributed by atoms with E-state index in [4.69, 9.17) is 9.73 Å². The van der Waals surface area contributed by atoms with Crippen LogP contribution in [0.5, 0.6) is 5.75 Å². The molecule has 4 nitrogen and oxygen atoms in total. The van der Waals surface area contributed by atoms with E-state index in [1.165, 1.54) is 12.8 Å². The number of likely N-dealkylation sites (tertiary alicyclic amines) is 1. The number of benzene rings is 1. The van der Waals surface area contributed by atoms with Gasteiger partial charge in [0.25, 0.3) is 0 Å². The maximum Gasteiger partial charge on any atom is 0.194 e. The highest BCUT2D eigenvalue weighted by Crippen LogP contribution is 2.23. The maximum absolute atomic E-state index is 5.39. The van der Waals surface area contributed by atoms with Crippen molar-refractivity contribution in [2.75, 3.05) is 26.7 Å². The van der Waals surface area contributed by atoms with E-state index in [0.717, 1.165) is 41.4 Å². The highest BCUT2D eigenvalue weighted by Gasteiger charge is 2.15. The van der Waals surface area contributed by atoms with Crippen LogP contribution in [0.25, 0.3) is 0 Å². The third-order valence-corrected chi connectivity index (χ3v) is 3.88. The Morgan fingerprint density at radius 2 is 2.10 bits per heavy atom. The zero-order valence-electron chi connectivity index (χ0n) is 12.6. The average molecular weight is 468 g/mol. The van der Waals surface area contributed by atoms with Crippen LogP contribution in [0.2, 0.25) is 0 Å². The molecule has 0 atom stereocenters. The van der Waals surface area contributed by atoms with Crippen molar-refractivity contribution in [3.05, 3.63) is 28.2 Å². The van der Waals surface area contributed by atoms with Crippen LogP contribution in [0.1, 0.15) is 25.3 Å². The van der Waals surface area contributed by atoms with Gasteiger partial charge in [0.05, 0.1) is 13.7 Å². The van der Waals surface area contributed by atoms with Gasteiger partial charge in [-0.25, -0.2) is 4.99 Å². The Bertz CT molecular complexity index is 476. The Balaban J connectivity index is 0.00000220. The Morgan fingerprint density at radius 3 is 2.71 bits per heavy atom. The molecule has 1 fully saturated rings. The van der Waals surface area contributed by atoms with Crippen LogP contribution in [0.15, 0.2) is 27.7 Å². The van der Waals surface area contributed by atoms with E-state index in [1.54, 1.807) is 7.11 Å². The largest absolute Gasteiger partial charge is 0.496 e. The van der Waals surface area contributed by atoms with Gasteiger partial charge in [0, 0.05) is 29.7 Å². The van der Waals surface area contributed by atoms with Crippen molar-refractivity contribution >= 4 is 45.9 Å². The number of hydrogen-bond donors (Lipinski definition) is 1. The van der Waals surface area contributed by atoms with Crippen LogP contribution in [-0.4, -0.2) is 37.6 Å². The summed E-state index contributed by atoms with van der Waals surface area (Å²) >= 11 is 3.50. The molecule has 1 heterocycles. The summed E-state index contributed by atoms with van der Waals surface area (Å²) in [6, 6.07) is 6.02. The van der Waals surface area contributed by atoms with E-state index in [2.05, 4.69) is 39.1 Å². The Kier molecular flexibility index (Phi) is 8.39. The van der Waals surface area contributed by atoms with Gasteiger partial charge in [-0.15, -0.1) is 24.0 Å². The molecule has 0 aromatic heterocycles. The number of guanidine groups is 1. The summed E-state index contributed by atoms with van der Waals surface area (Å²) in [6.07, 6.45) is 2.51. The molecular weight excluding hydrogens is 445 g/mol. The fourth-order valence-electron chi connectivity index (χ4n) is 2.39. The number of nitrogens with zero attached hydrogens (tertiary/aromatic N) is 2. The van der Waals surface area contributed by atoms with E-state index >= 15 is 0 Å². The molecule has 1 aromatic rings. The number of aliphatic imine (C=N–C) groups is 1. The Labute approximate surface area is 152 Å². The Hall–Kier alpha value is -0.500. The van der Waals surface area contributed by atoms with Crippen molar-refractivity contribution in [2.24, 2.45) is 4.99 Å². The fourth-order valence-corrected chi connectivity index (χ4v) is 2.79. The molecule has 0 aliphatic carbocycles. The third kappa shape index (κ3) is 5.32. The second kappa shape index (κ2) is 9.50. The number of nitrogens with one attached hydrogen (secondary N) is 1. The maximum atomic E-state index is 5.39. The van der Waals surface area contributed by atoms with Gasteiger partial charge in [0.15, 0.2) is 5.96 Å². The van der Waals surface area contributed by atoms with Crippen molar-refractivity contribution in [1.29, 1.82) is 0 Å². The summed E-state index contributed by atoms with van der Waals surface area (Å²) in [5.41, 5.74) is 1.09. The lowest BCUT2D eigenvalue weighted by molar-refractivity contribution is 0.409. The fraction of sp³-hybridized carbons (Fsp3) is 0.533.